The molecule has 0 amide bonds. The predicted molar refractivity (Wildman–Crippen MR) is 72.2 cm³/mol. The zero-order valence-electron chi connectivity index (χ0n) is 11.5. The van der Waals surface area contributed by atoms with E-state index in [0.717, 1.165) is 24.1 Å². The normalized spacial score (nSPS) is 14.3. The van der Waals surface area contributed by atoms with Crippen LogP contribution in [0.3, 0.4) is 0 Å². The average molecular weight is 272 g/mol. The predicted octanol–water partition coefficient (Wildman–Crippen LogP) is 1.93. The van der Waals surface area contributed by atoms with E-state index in [2.05, 4.69) is 15.1 Å². The number of ether oxygens (including phenoxy) is 1. The minimum absolute atomic E-state index is 0.341. The molecule has 0 N–H and O–H groups in total. The lowest BCUT2D eigenvalue weighted by Gasteiger charge is -2.08. The van der Waals surface area contributed by atoms with Crippen LogP contribution < -0.4 is 0 Å². The molecule has 20 heavy (non-hydrogen) atoms. The second kappa shape index (κ2) is 5.03. The molecule has 1 aliphatic carbocycles. The maximum atomic E-state index is 11.9. The Morgan fingerprint density at radius 3 is 2.85 bits per heavy atom. The SMILES string of the molecule is CCOC(=O)c1cnc(-c2cnn(C)c2)nc1C1CC1. The third-order valence-corrected chi connectivity index (χ3v) is 3.24. The van der Waals surface area contributed by atoms with Crippen LogP contribution in [-0.4, -0.2) is 32.3 Å². The highest BCUT2D eigenvalue weighted by Gasteiger charge is 2.31. The molecule has 104 valence electrons. The highest BCUT2D eigenvalue weighted by molar-refractivity contribution is 5.90. The van der Waals surface area contributed by atoms with Gasteiger partial charge in [0.2, 0.25) is 0 Å². The highest BCUT2D eigenvalue weighted by atomic mass is 16.5. The van der Waals surface area contributed by atoms with Crippen molar-refractivity contribution in [3.63, 3.8) is 0 Å². The Bertz CT molecular complexity index is 646. The second-order valence-corrected chi connectivity index (χ2v) is 4.89. The first kappa shape index (κ1) is 12.8. The van der Waals surface area contributed by atoms with Crippen LogP contribution in [0.1, 0.15) is 41.7 Å². The van der Waals surface area contributed by atoms with Gasteiger partial charge in [0, 0.05) is 25.4 Å². The van der Waals surface area contributed by atoms with E-state index >= 15 is 0 Å². The molecule has 2 aromatic rings. The summed E-state index contributed by atoms with van der Waals surface area (Å²) in [5.74, 6) is 0.619. The molecule has 0 aliphatic heterocycles. The summed E-state index contributed by atoms with van der Waals surface area (Å²) < 4.78 is 6.76. The van der Waals surface area contributed by atoms with E-state index in [1.165, 1.54) is 0 Å². The lowest BCUT2D eigenvalue weighted by atomic mass is 10.1. The van der Waals surface area contributed by atoms with Gasteiger partial charge in [-0.2, -0.15) is 5.10 Å². The Kier molecular flexibility index (Phi) is 3.22. The van der Waals surface area contributed by atoms with E-state index < -0.39 is 0 Å². The number of rotatable bonds is 4. The molecule has 2 aromatic heterocycles. The summed E-state index contributed by atoms with van der Waals surface area (Å²) in [7, 11) is 1.85. The van der Waals surface area contributed by atoms with E-state index in [1.807, 2.05) is 13.2 Å². The quantitative estimate of drug-likeness (QED) is 0.795. The molecule has 0 unspecified atom stereocenters. The van der Waals surface area contributed by atoms with Crippen molar-refractivity contribution in [3.8, 4) is 11.4 Å². The first-order valence-corrected chi connectivity index (χ1v) is 6.72. The summed E-state index contributed by atoms with van der Waals surface area (Å²) in [5.41, 5.74) is 2.14. The summed E-state index contributed by atoms with van der Waals surface area (Å²) in [6.07, 6.45) is 7.28. The van der Waals surface area contributed by atoms with Gasteiger partial charge >= 0.3 is 5.97 Å². The standard InChI is InChI=1S/C14H16N4O2/c1-3-20-14(19)11-7-15-13(10-6-16-18(2)8-10)17-12(11)9-4-5-9/h6-9H,3-5H2,1-2H3. The Morgan fingerprint density at radius 1 is 1.45 bits per heavy atom. The van der Waals surface area contributed by atoms with Crippen LogP contribution >= 0.6 is 0 Å². The molecule has 6 nitrogen and oxygen atoms in total. The maximum absolute atomic E-state index is 11.9. The Hall–Kier alpha value is -2.24. The number of hydrogen-bond acceptors (Lipinski definition) is 5. The number of carbonyl (C=O) groups excluding carboxylic acids is 1. The van der Waals surface area contributed by atoms with Crippen molar-refractivity contribution in [1.29, 1.82) is 0 Å². The summed E-state index contributed by atoms with van der Waals surface area (Å²) in [6.45, 7) is 2.15. The number of carbonyl (C=O) groups is 1. The molecular weight excluding hydrogens is 256 g/mol. The maximum Gasteiger partial charge on any atom is 0.341 e. The van der Waals surface area contributed by atoms with Gasteiger partial charge in [-0.25, -0.2) is 14.8 Å². The first-order valence-electron chi connectivity index (χ1n) is 6.72. The van der Waals surface area contributed by atoms with Gasteiger partial charge in [0.1, 0.15) is 0 Å². The molecule has 3 rings (SSSR count). The summed E-state index contributed by atoms with van der Waals surface area (Å²) in [4.78, 5) is 20.8. The average Bonchev–Trinajstić information content (AvgIpc) is 3.20. The third kappa shape index (κ3) is 2.41. The Balaban J connectivity index is 1.99. The number of aryl methyl sites for hydroxylation is 1. The monoisotopic (exact) mass is 272 g/mol. The molecule has 2 heterocycles. The van der Waals surface area contributed by atoms with Crippen molar-refractivity contribution in [1.82, 2.24) is 19.7 Å². The Morgan fingerprint density at radius 2 is 2.25 bits per heavy atom. The van der Waals surface area contributed by atoms with Crippen LogP contribution in [-0.2, 0) is 11.8 Å². The molecule has 0 atom stereocenters. The smallest absolute Gasteiger partial charge is 0.341 e. The van der Waals surface area contributed by atoms with Crippen molar-refractivity contribution in [2.45, 2.75) is 25.7 Å². The van der Waals surface area contributed by atoms with E-state index in [1.54, 1.807) is 24.0 Å². The third-order valence-electron chi connectivity index (χ3n) is 3.24. The molecule has 0 spiro atoms. The zero-order valence-corrected chi connectivity index (χ0v) is 11.5. The van der Waals surface area contributed by atoms with Gasteiger partial charge in [0.05, 0.1) is 29.6 Å². The van der Waals surface area contributed by atoms with E-state index in [-0.39, 0.29) is 5.97 Å². The fourth-order valence-corrected chi connectivity index (χ4v) is 2.10. The molecule has 0 bridgehead atoms. The lowest BCUT2D eigenvalue weighted by molar-refractivity contribution is 0.0524. The van der Waals surface area contributed by atoms with Gasteiger partial charge in [-0.05, 0) is 19.8 Å². The molecule has 1 saturated carbocycles. The summed E-state index contributed by atoms with van der Waals surface area (Å²) in [5, 5.41) is 4.12. The molecule has 0 saturated heterocycles. The van der Waals surface area contributed by atoms with Crippen LogP contribution in [0.4, 0.5) is 0 Å². The lowest BCUT2D eigenvalue weighted by Crippen LogP contribution is -2.10. The van der Waals surface area contributed by atoms with E-state index in [4.69, 9.17) is 4.74 Å². The van der Waals surface area contributed by atoms with E-state index in [0.29, 0.717) is 23.9 Å². The number of esters is 1. The van der Waals surface area contributed by atoms with Crippen molar-refractivity contribution in [2.75, 3.05) is 6.61 Å². The minimum atomic E-state index is -0.341. The van der Waals surface area contributed by atoms with Gasteiger partial charge in [0.25, 0.3) is 0 Å². The van der Waals surface area contributed by atoms with Crippen LogP contribution in [0.25, 0.3) is 11.4 Å². The van der Waals surface area contributed by atoms with Crippen molar-refractivity contribution < 1.29 is 9.53 Å². The fraction of sp³-hybridized carbons (Fsp3) is 0.429. The van der Waals surface area contributed by atoms with Gasteiger partial charge in [0.15, 0.2) is 5.82 Å². The van der Waals surface area contributed by atoms with Crippen molar-refractivity contribution in [3.05, 3.63) is 29.8 Å². The van der Waals surface area contributed by atoms with Crippen molar-refractivity contribution in [2.24, 2.45) is 7.05 Å². The molecular formula is C14H16N4O2. The van der Waals surface area contributed by atoms with E-state index in [9.17, 15) is 4.79 Å². The van der Waals surface area contributed by atoms with Gasteiger partial charge in [-0.3, -0.25) is 4.68 Å². The first-order chi connectivity index (χ1) is 9.69. The van der Waals surface area contributed by atoms with Gasteiger partial charge < -0.3 is 4.74 Å². The molecule has 0 aromatic carbocycles. The molecule has 1 aliphatic rings. The van der Waals surface area contributed by atoms with Crippen LogP contribution in [0.15, 0.2) is 18.6 Å². The minimum Gasteiger partial charge on any atom is -0.462 e. The van der Waals surface area contributed by atoms with Crippen LogP contribution in [0, 0.1) is 0 Å². The zero-order chi connectivity index (χ0) is 14.1. The largest absolute Gasteiger partial charge is 0.462 e. The topological polar surface area (TPSA) is 69.9 Å². The number of hydrogen-bond donors (Lipinski definition) is 0. The van der Waals surface area contributed by atoms with Gasteiger partial charge in [-0.15, -0.1) is 0 Å². The summed E-state index contributed by atoms with van der Waals surface area (Å²) in [6, 6.07) is 0. The number of nitrogens with zero attached hydrogens (tertiary/aromatic N) is 4. The molecule has 6 heteroatoms. The van der Waals surface area contributed by atoms with Crippen LogP contribution in [0.5, 0.6) is 0 Å². The highest BCUT2D eigenvalue weighted by Crippen LogP contribution is 2.41. The molecule has 1 fully saturated rings. The van der Waals surface area contributed by atoms with Crippen molar-refractivity contribution >= 4 is 5.97 Å². The Labute approximate surface area is 116 Å². The second-order valence-electron chi connectivity index (χ2n) is 4.89. The van der Waals surface area contributed by atoms with Gasteiger partial charge in [-0.1, -0.05) is 0 Å². The fourth-order valence-electron chi connectivity index (χ4n) is 2.10. The number of aromatic nitrogens is 4. The van der Waals surface area contributed by atoms with Crippen LogP contribution in [0.2, 0.25) is 0 Å². The molecule has 0 radical (unpaired) electrons. The summed E-state index contributed by atoms with van der Waals surface area (Å²) >= 11 is 0.